The van der Waals surface area contributed by atoms with Crippen LogP contribution in [0.5, 0.6) is 0 Å². The molecular weight excluding hydrogens is 326 g/mol. The predicted octanol–water partition coefficient (Wildman–Crippen LogP) is 4.29. The molecule has 0 bridgehead atoms. The van der Waals surface area contributed by atoms with Crippen molar-refractivity contribution in [3.8, 4) is 0 Å². The third kappa shape index (κ3) is 5.23. The maximum absolute atomic E-state index is 13.0. The molecule has 26 heavy (non-hydrogen) atoms. The molecule has 144 valence electrons. The van der Waals surface area contributed by atoms with Crippen molar-refractivity contribution in [3.63, 3.8) is 0 Å². The molecule has 1 aliphatic heterocycles. The molecule has 2 amide bonds. The van der Waals surface area contributed by atoms with Gasteiger partial charge in [0, 0.05) is 44.0 Å². The van der Waals surface area contributed by atoms with Crippen molar-refractivity contribution in [1.82, 2.24) is 4.90 Å². The van der Waals surface area contributed by atoms with Crippen LogP contribution in [0.2, 0.25) is 0 Å². The molecular formula is C21H33N3O2. The van der Waals surface area contributed by atoms with Crippen molar-refractivity contribution in [2.75, 3.05) is 36.4 Å². The molecule has 5 heteroatoms. The molecule has 5 nitrogen and oxygen atoms in total. The molecule has 0 spiro atoms. The van der Waals surface area contributed by atoms with E-state index in [2.05, 4.69) is 17.1 Å². The van der Waals surface area contributed by atoms with Gasteiger partial charge in [0.25, 0.3) is 5.91 Å². The molecule has 1 aliphatic rings. The predicted molar refractivity (Wildman–Crippen MR) is 108 cm³/mol. The lowest BCUT2D eigenvalue weighted by Crippen LogP contribution is -2.32. The number of nitrogens with zero attached hydrogens (tertiary/aromatic N) is 2. The van der Waals surface area contributed by atoms with Gasteiger partial charge in [-0.25, -0.2) is 0 Å². The van der Waals surface area contributed by atoms with Crippen molar-refractivity contribution in [1.29, 1.82) is 0 Å². The highest BCUT2D eigenvalue weighted by molar-refractivity contribution is 6.02. The Morgan fingerprint density at radius 3 is 2.38 bits per heavy atom. The maximum atomic E-state index is 13.0. The van der Waals surface area contributed by atoms with Crippen LogP contribution in [-0.4, -0.2) is 42.9 Å². The number of rotatable bonds is 9. The van der Waals surface area contributed by atoms with E-state index in [1.807, 2.05) is 36.9 Å². The van der Waals surface area contributed by atoms with Crippen LogP contribution in [-0.2, 0) is 4.79 Å². The first kappa shape index (κ1) is 20.3. The summed E-state index contributed by atoms with van der Waals surface area (Å²) in [6.07, 6.45) is 5.91. The minimum Gasteiger partial charge on any atom is -0.371 e. The number of amides is 2. The minimum atomic E-state index is 0.0219. The second-order valence-corrected chi connectivity index (χ2v) is 6.91. The lowest BCUT2D eigenvalue weighted by Gasteiger charge is -2.25. The standard InChI is InChI=1S/C21H33N3O2/c1-4-7-8-11-20(25)22-17-12-13-19(24-14-9-10-15-24)18(16-17)21(26)23(5-2)6-3/h12-13,16H,4-11,14-15H2,1-3H3,(H,22,25). The number of hydrogen-bond acceptors (Lipinski definition) is 3. The van der Waals surface area contributed by atoms with Gasteiger partial charge in [0.2, 0.25) is 5.91 Å². The molecule has 1 aromatic carbocycles. The van der Waals surface area contributed by atoms with Gasteiger partial charge in [0.15, 0.2) is 0 Å². The van der Waals surface area contributed by atoms with Gasteiger partial charge in [0.1, 0.15) is 0 Å². The highest BCUT2D eigenvalue weighted by atomic mass is 16.2. The normalized spacial score (nSPS) is 13.7. The number of unbranched alkanes of at least 4 members (excludes halogenated alkanes) is 2. The highest BCUT2D eigenvalue weighted by Crippen LogP contribution is 2.28. The van der Waals surface area contributed by atoms with Gasteiger partial charge >= 0.3 is 0 Å². The second-order valence-electron chi connectivity index (χ2n) is 6.91. The minimum absolute atomic E-state index is 0.0219. The van der Waals surface area contributed by atoms with E-state index in [-0.39, 0.29) is 11.8 Å². The first-order valence-corrected chi connectivity index (χ1v) is 10.1. The van der Waals surface area contributed by atoms with Crippen LogP contribution >= 0.6 is 0 Å². The van der Waals surface area contributed by atoms with E-state index in [1.165, 1.54) is 0 Å². The van der Waals surface area contributed by atoms with Gasteiger partial charge < -0.3 is 15.1 Å². The fourth-order valence-corrected chi connectivity index (χ4v) is 3.46. The fourth-order valence-electron chi connectivity index (χ4n) is 3.46. The van der Waals surface area contributed by atoms with E-state index in [1.54, 1.807) is 0 Å². The van der Waals surface area contributed by atoms with Crippen LogP contribution < -0.4 is 10.2 Å². The molecule has 0 aromatic heterocycles. The smallest absolute Gasteiger partial charge is 0.256 e. The van der Waals surface area contributed by atoms with E-state index in [0.717, 1.165) is 50.9 Å². The Balaban J connectivity index is 2.22. The number of hydrogen-bond donors (Lipinski definition) is 1. The summed E-state index contributed by atoms with van der Waals surface area (Å²) in [5.74, 6) is 0.0626. The summed E-state index contributed by atoms with van der Waals surface area (Å²) in [5, 5.41) is 2.96. The van der Waals surface area contributed by atoms with Gasteiger partial charge in [-0.05, 0) is 51.3 Å². The van der Waals surface area contributed by atoms with Crippen LogP contribution in [0.25, 0.3) is 0 Å². The van der Waals surface area contributed by atoms with Gasteiger partial charge in [-0.3, -0.25) is 9.59 Å². The van der Waals surface area contributed by atoms with Crippen molar-refractivity contribution in [3.05, 3.63) is 23.8 Å². The van der Waals surface area contributed by atoms with Crippen molar-refractivity contribution in [2.45, 2.75) is 59.3 Å². The monoisotopic (exact) mass is 359 g/mol. The summed E-state index contributed by atoms with van der Waals surface area (Å²) in [6.45, 7) is 9.46. The van der Waals surface area contributed by atoms with E-state index in [9.17, 15) is 9.59 Å². The molecule has 1 saturated heterocycles. The molecule has 0 atom stereocenters. The Morgan fingerprint density at radius 2 is 1.77 bits per heavy atom. The molecule has 1 N–H and O–H groups in total. The Morgan fingerprint density at radius 1 is 1.08 bits per heavy atom. The maximum Gasteiger partial charge on any atom is 0.256 e. The Hall–Kier alpha value is -2.04. The molecule has 2 rings (SSSR count). The number of carbonyl (C=O) groups excluding carboxylic acids is 2. The first-order chi connectivity index (χ1) is 12.6. The van der Waals surface area contributed by atoms with Crippen LogP contribution in [0.1, 0.15) is 69.7 Å². The van der Waals surface area contributed by atoms with Crippen molar-refractivity contribution >= 4 is 23.2 Å². The summed E-state index contributed by atoms with van der Waals surface area (Å²) < 4.78 is 0. The quantitative estimate of drug-likeness (QED) is 0.669. The Labute approximate surface area is 157 Å². The molecule has 1 heterocycles. The lowest BCUT2D eigenvalue weighted by molar-refractivity contribution is -0.116. The molecule has 0 radical (unpaired) electrons. The zero-order chi connectivity index (χ0) is 18.9. The van der Waals surface area contributed by atoms with Crippen LogP contribution in [0, 0.1) is 0 Å². The van der Waals surface area contributed by atoms with E-state index < -0.39 is 0 Å². The van der Waals surface area contributed by atoms with Gasteiger partial charge in [0.05, 0.1) is 5.56 Å². The summed E-state index contributed by atoms with van der Waals surface area (Å²) in [6, 6.07) is 5.76. The zero-order valence-electron chi connectivity index (χ0n) is 16.5. The van der Waals surface area contributed by atoms with Crippen LogP contribution in [0.15, 0.2) is 18.2 Å². The Bertz CT molecular complexity index is 605. The molecule has 0 unspecified atom stereocenters. The molecule has 0 saturated carbocycles. The molecule has 1 aromatic rings. The van der Waals surface area contributed by atoms with Gasteiger partial charge in [-0.2, -0.15) is 0 Å². The summed E-state index contributed by atoms with van der Waals surface area (Å²) in [4.78, 5) is 29.3. The van der Waals surface area contributed by atoms with E-state index >= 15 is 0 Å². The third-order valence-electron chi connectivity index (χ3n) is 5.02. The zero-order valence-corrected chi connectivity index (χ0v) is 16.5. The molecule has 0 aliphatic carbocycles. The SMILES string of the molecule is CCCCCC(=O)Nc1ccc(N2CCCC2)c(C(=O)N(CC)CC)c1. The first-order valence-electron chi connectivity index (χ1n) is 10.1. The number of nitrogens with one attached hydrogen (secondary N) is 1. The van der Waals surface area contributed by atoms with Gasteiger partial charge in [-0.1, -0.05) is 19.8 Å². The summed E-state index contributed by atoms with van der Waals surface area (Å²) in [5.41, 5.74) is 2.40. The Kier molecular flexibility index (Phi) is 7.95. The second kappa shape index (κ2) is 10.2. The fraction of sp³-hybridized carbons (Fsp3) is 0.619. The van der Waals surface area contributed by atoms with E-state index in [4.69, 9.17) is 0 Å². The van der Waals surface area contributed by atoms with Crippen molar-refractivity contribution < 1.29 is 9.59 Å². The van der Waals surface area contributed by atoms with Gasteiger partial charge in [-0.15, -0.1) is 0 Å². The highest BCUT2D eigenvalue weighted by Gasteiger charge is 2.22. The van der Waals surface area contributed by atoms with Crippen LogP contribution in [0.3, 0.4) is 0 Å². The number of benzene rings is 1. The van der Waals surface area contributed by atoms with E-state index in [0.29, 0.717) is 30.8 Å². The van der Waals surface area contributed by atoms with Crippen molar-refractivity contribution in [2.24, 2.45) is 0 Å². The average molecular weight is 360 g/mol. The van der Waals surface area contributed by atoms with Crippen LogP contribution in [0.4, 0.5) is 11.4 Å². The number of carbonyl (C=O) groups is 2. The third-order valence-corrected chi connectivity index (χ3v) is 5.02. The summed E-state index contributed by atoms with van der Waals surface area (Å²) >= 11 is 0. The average Bonchev–Trinajstić information content (AvgIpc) is 3.17. The lowest BCUT2D eigenvalue weighted by atomic mass is 10.1. The topological polar surface area (TPSA) is 52.7 Å². The number of anilines is 2. The molecule has 1 fully saturated rings. The summed E-state index contributed by atoms with van der Waals surface area (Å²) in [7, 11) is 0. The largest absolute Gasteiger partial charge is 0.371 e.